The molecule has 3 heterocycles. The Morgan fingerprint density at radius 1 is 1.16 bits per heavy atom. The van der Waals surface area contributed by atoms with Crippen LogP contribution in [0.2, 0.25) is 0 Å². The van der Waals surface area contributed by atoms with E-state index in [0.717, 1.165) is 37.3 Å². The Hall–Kier alpha value is -2.75. The molecule has 1 saturated carbocycles. The molecule has 0 spiro atoms. The van der Waals surface area contributed by atoms with E-state index in [9.17, 15) is 10.4 Å². The lowest BCUT2D eigenvalue weighted by Gasteiger charge is -2.42. The van der Waals surface area contributed by atoms with Crippen LogP contribution in [0.1, 0.15) is 28.2 Å². The van der Waals surface area contributed by atoms with E-state index in [-0.39, 0.29) is 11.8 Å². The van der Waals surface area contributed by atoms with Crippen molar-refractivity contribution in [1.82, 2.24) is 15.2 Å². The normalized spacial score (nSPS) is 30.2. The number of nitriles is 1. The molecule has 6 rings (SSSR count). The Bertz CT molecular complexity index is 1340. The fourth-order valence-electron chi connectivity index (χ4n) is 6.83. The number of rotatable bonds is 6. The van der Waals surface area contributed by atoms with Gasteiger partial charge in [0, 0.05) is 44.6 Å². The molecule has 0 unspecified atom stereocenters. The molecule has 1 aromatic heterocycles. The first kappa shape index (κ1) is 25.5. The molecule has 196 valence electrons. The molecule has 0 radical (unpaired) electrons. The van der Waals surface area contributed by atoms with Gasteiger partial charge >= 0.3 is 0 Å². The minimum atomic E-state index is -1.30. The molecule has 9 heteroatoms. The van der Waals surface area contributed by atoms with Crippen molar-refractivity contribution in [3.8, 4) is 17.6 Å². The van der Waals surface area contributed by atoms with Crippen molar-refractivity contribution in [3.63, 3.8) is 0 Å². The van der Waals surface area contributed by atoms with Crippen molar-refractivity contribution in [2.75, 3.05) is 39.8 Å². The Morgan fingerprint density at radius 2 is 1.89 bits per heavy atom. The van der Waals surface area contributed by atoms with Crippen molar-refractivity contribution < 1.29 is 17.6 Å². The topological polar surface area (TPSA) is 99.9 Å². The van der Waals surface area contributed by atoms with Gasteiger partial charge in [0.2, 0.25) is 0 Å². The maximum absolute atomic E-state index is 12.5. The molecule has 8 nitrogen and oxygen atoms in total. The number of aliphatic hydroxyl groups is 1. The zero-order valence-electron chi connectivity index (χ0n) is 21.0. The molecule has 0 bridgehead atoms. The zero-order valence-corrected chi connectivity index (χ0v) is 23.2. The summed E-state index contributed by atoms with van der Waals surface area (Å²) >= 11 is 1.91. The average Bonchev–Trinajstić information content (AvgIpc) is 3.39. The number of methoxy groups -OCH3 is 1. The molecule has 2 fully saturated rings. The van der Waals surface area contributed by atoms with Crippen LogP contribution in [0.25, 0.3) is 0 Å². The summed E-state index contributed by atoms with van der Waals surface area (Å²) in [5.74, 6) is 0.509. The van der Waals surface area contributed by atoms with Gasteiger partial charge in [-0.1, -0.05) is 42.5 Å². The van der Waals surface area contributed by atoms with Crippen LogP contribution in [0.3, 0.4) is 0 Å². The fraction of sp³-hybridized carbons (Fsp3) is 0.379. The molecular weight excluding hydrogens is 595 g/mol. The number of ether oxygens (including phenoxy) is 2. The summed E-state index contributed by atoms with van der Waals surface area (Å²) in [6, 6.07) is 19.9. The molecule has 2 N–H and O–H groups in total. The highest BCUT2D eigenvalue weighted by molar-refractivity contribution is 14.1. The zero-order chi connectivity index (χ0) is 26.3. The van der Waals surface area contributed by atoms with Gasteiger partial charge in [-0.15, -0.1) is 0 Å². The van der Waals surface area contributed by atoms with E-state index < -0.39 is 17.3 Å². The number of hydrogen-bond acceptors (Lipinski definition) is 8. The van der Waals surface area contributed by atoms with E-state index in [0.29, 0.717) is 29.2 Å². The maximum atomic E-state index is 12.5. The molecule has 1 saturated heterocycles. The summed E-state index contributed by atoms with van der Waals surface area (Å²) < 4.78 is 19.3. The third kappa shape index (κ3) is 3.58. The first-order valence-electron chi connectivity index (χ1n) is 12.8. The number of nitrogens with zero attached hydrogens (tertiary/aromatic N) is 3. The third-order valence-corrected chi connectivity index (χ3v) is 9.08. The number of fused-ring (bicyclic) bond motifs is 3. The number of nitrogens with one attached hydrogen (secondary N) is 1. The molecule has 3 aliphatic rings. The number of benzene rings is 2. The summed E-state index contributed by atoms with van der Waals surface area (Å²) in [5.41, 5.74) is 0.622. The van der Waals surface area contributed by atoms with Gasteiger partial charge in [-0.25, -0.2) is 0 Å². The first-order chi connectivity index (χ1) is 18.6. The summed E-state index contributed by atoms with van der Waals surface area (Å²) in [6.07, 6.45) is 2.37. The second-order valence-corrected chi connectivity index (χ2v) is 10.5. The van der Waals surface area contributed by atoms with Crippen molar-refractivity contribution in [1.29, 1.82) is 5.26 Å². The molecule has 0 amide bonds. The van der Waals surface area contributed by atoms with Gasteiger partial charge in [-0.3, -0.25) is 8.05 Å². The van der Waals surface area contributed by atoms with Gasteiger partial charge < -0.3 is 24.8 Å². The van der Waals surface area contributed by atoms with E-state index in [1.807, 2.05) is 53.3 Å². The summed E-state index contributed by atoms with van der Waals surface area (Å²) in [4.78, 5) is 6.76. The van der Waals surface area contributed by atoms with E-state index in [2.05, 4.69) is 33.4 Å². The minimum absolute atomic E-state index is 0.230. The lowest BCUT2D eigenvalue weighted by Crippen LogP contribution is -2.52. The van der Waals surface area contributed by atoms with Crippen LogP contribution in [-0.4, -0.2) is 60.9 Å². The molecule has 5 atom stereocenters. The van der Waals surface area contributed by atoms with Crippen LogP contribution < -0.4 is 14.8 Å². The van der Waals surface area contributed by atoms with Gasteiger partial charge in [0.05, 0.1) is 42.8 Å². The van der Waals surface area contributed by atoms with Crippen LogP contribution in [0.5, 0.6) is 11.5 Å². The fourth-order valence-corrected chi connectivity index (χ4v) is 7.64. The van der Waals surface area contributed by atoms with Crippen molar-refractivity contribution >= 4 is 23.0 Å². The maximum Gasteiger partial charge on any atom is 0.183 e. The highest BCUT2D eigenvalue weighted by Crippen LogP contribution is 2.71. The highest BCUT2D eigenvalue weighted by atomic mass is 127. The average molecular weight is 624 g/mol. The molecule has 38 heavy (non-hydrogen) atoms. The number of piperazine rings is 1. The van der Waals surface area contributed by atoms with Crippen LogP contribution in [0.4, 0.5) is 0 Å². The van der Waals surface area contributed by atoms with E-state index in [1.54, 1.807) is 31.6 Å². The summed E-state index contributed by atoms with van der Waals surface area (Å²) in [6.45, 7) is 4.29. The molecule has 2 aromatic carbocycles. The lowest BCUT2D eigenvalue weighted by atomic mass is 9.70. The van der Waals surface area contributed by atoms with Crippen molar-refractivity contribution in [2.45, 2.75) is 23.2 Å². The Morgan fingerprint density at radius 3 is 2.55 bits per heavy atom. The van der Waals surface area contributed by atoms with Crippen molar-refractivity contribution in [3.05, 3.63) is 89.2 Å². The number of aromatic nitrogens is 1. The monoisotopic (exact) mass is 624 g/mol. The van der Waals surface area contributed by atoms with E-state index in [1.165, 1.54) is 0 Å². The van der Waals surface area contributed by atoms with Crippen LogP contribution in [-0.2, 0) is 14.3 Å². The smallest absolute Gasteiger partial charge is 0.183 e. The van der Waals surface area contributed by atoms with Crippen LogP contribution in [0, 0.1) is 17.2 Å². The number of halogens is 1. The van der Waals surface area contributed by atoms with Gasteiger partial charge in [0.15, 0.2) is 11.2 Å². The number of hydrogen-bond donors (Lipinski definition) is 2. The predicted octanol–water partition coefficient (Wildman–Crippen LogP) is 3.49. The third-order valence-electron chi connectivity index (χ3n) is 8.38. The van der Waals surface area contributed by atoms with Gasteiger partial charge in [-0.05, 0) is 23.3 Å². The predicted molar refractivity (Wildman–Crippen MR) is 149 cm³/mol. The Balaban J connectivity index is 1.64. The Kier molecular flexibility index (Phi) is 6.78. The number of pyridine rings is 1. The second-order valence-electron chi connectivity index (χ2n) is 10.1. The van der Waals surface area contributed by atoms with Crippen molar-refractivity contribution in [2.24, 2.45) is 5.92 Å². The molecule has 3 aromatic rings. The second kappa shape index (κ2) is 10.1. The van der Waals surface area contributed by atoms with Gasteiger partial charge in [0.25, 0.3) is 0 Å². The largest absolute Gasteiger partial charge is 0.495 e. The molecule has 1 aliphatic carbocycles. The SMILES string of the molecule is COc1cncc2c1[C@]1(OI)[C@H](O)[C@H](CN3CCNCC3)[C@@H](c3ccccc3)[C@]1(c1ccc(C#N)cc1)O2. The quantitative estimate of drug-likeness (QED) is 0.403. The minimum Gasteiger partial charge on any atom is -0.495 e. The van der Waals surface area contributed by atoms with Gasteiger partial charge in [-0.2, -0.15) is 5.26 Å². The van der Waals surface area contributed by atoms with Crippen LogP contribution >= 0.6 is 23.0 Å². The molecule has 2 aliphatic heterocycles. The lowest BCUT2D eigenvalue weighted by molar-refractivity contribution is -0.113. The molecular formula is C29H29IN4O4. The van der Waals surface area contributed by atoms with Crippen LogP contribution in [0.15, 0.2) is 67.0 Å². The van der Waals surface area contributed by atoms with E-state index in [4.69, 9.17) is 12.5 Å². The van der Waals surface area contributed by atoms with E-state index >= 15 is 0 Å². The summed E-state index contributed by atoms with van der Waals surface area (Å²) in [5, 5.41) is 25.4. The first-order valence-corrected chi connectivity index (χ1v) is 13.7. The standard InChI is InChI=1S/C29H29IN4O4/c1-36-23-16-33-17-24-26(23)29(38-30)27(35)22(18-34-13-11-32-12-14-34)25(20-5-3-2-4-6-20)28(29,37-24)21-9-7-19(15-31)8-10-21/h2-10,16-17,22,25,27,32,35H,11-14,18H2,1H3/t22-,25-,27-,28+,29+/m1/s1. The highest BCUT2D eigenvalue weighted by Gasteiger charge is 2.78. The number of aliphatic hydroxyl groups excluding tert-OH is 1. The Labute approximate surface area is 236 Å². The van der Waals surface area contributed by atoms with Gasteiger partial charge in [0.1, 0.15) is 34.5 Å². The summed E-state index contributed by atoms with van der Waals surface area (Å²) in [7, 11) is 1.59.